The van der Waals surface area contributed by atoms with Crippen LogP contribution in [0.5, 0.6) is 0 Å². The van der Waals surface area contributed by atoms with Crippen LogP contribution in [0.15, 0.2) is 197 Å². The summed E-state index contributed by atoms with van der Waals surface area (Å²) in [5, 5.41) is 8.82. The summed E-state index contributed by atoms with van der Waals surface area (Å²) in [6, 6.07) is 65.1. The van der Waals surface area contributed by atoms with Crippen molar-refractivity contribution >= 4 is 65.4 Å². The molecule has 58 heavy (non-hydrogen) atoms. The van der Waals surface area contributed by atoms with Gasteiger partial charge in [0.05, 0.1) is 0 Å². The summed E-state index contributed by atoms with van der Waals surface area (Å²) in [4.78, 5) is 15.6. The highest BCUT2D eigenvalue weighted by Crippen LogP contribution is 2.41. The lowest BCUT2D eigenvalue weighted by molar-refractivity contribution is 0.669. The molecule has 3 heterocycles. The number of aromatic nitrogens is 3. The van der Waals surface area contributed by atoms with Crippen LogP contribution in [0.25, 0.3) is 122 Å². The molecule has 5 nitrogen and oxygen atoms in total. The molecule has 0 bridgehead atoms. The molecule has 0 saturated heterocycles. The number of para-hydroxylation sites is 2. The van der Waals surface area contributed by atoms with Crippen LogP contribution in [-0.4, -0.2) is 15.0 Å². The van der Waals surface area contributed by atoms with Crippen molar-refractivity contribution in [1.29, 1.82) is 0 Å². The van der Waals surface area contributed by atoms with Gasteiger partial charge in [0.15, 0.2) is 17.5 Å². The van der Waals surface area contributed by atoms with Gasteiger partial charge in [-0.1, -0.05) is 164 Å². The van der Waals surface area contributed by atoms with E-state index in [1.54, 1.807) is 0 Å². The van der Waals surface area contributed by atoms with Crippen LogP contribution in [0.1, 0.15) is 0 Å². The van der Waals surface area contributed by atoms with Gasteiger partial charge in [-0.2, -0.15) is 0 Å². The molecule has 12 aromatic rings. The third-order valence-electron chi connectivity index (χ3n) is 11.3. The van der Waals surface area contributed by atoms with Crippen molar-refractivity contribution in [3.05, 3.63) is 188 Å². The molecular formula is C53H31N3O2. The molecule has 12 rings (SSSR count). The molecule has 0 spiro atoms. The number of hydrogen-bond acceptors (Lipinski definition) is 5. The first-order valence-corrected chi connectivity index (χ1v) is 19.4. The van der Waals surface area contributed by atoms with Gasteiger partial charge in [0, 0.05) is 43.8 Å². The molecule has 0 atom stereocenters. The van der Waals surface area contributed by atoms with Crippen LogP contribution in [0, 0.1) is 0 Å². The van der Waals surface area contributed by atoms with Crippen LogP contribution in [0.3, 0.4) is 0 Å². The van der Waals surface area contributed by atoms with Gasteiger partial charge < -0.3 is 8.83 Å². The molecule has 9 aromatic carbocycles. The second-order valence-corrected chi connectivity index (χ2v) is 14.7. The van der Waals surface area contributed by atoms with Crippen molar-refractivity contribution in [2.75, 3.05) is 0 Å². The number of nitrogens with zero attached hydrogens (tertiary/aromatic N) is 3. The van der Waals surface area contributed by atoms with Gasteiger partial charge in [0.25, 0.3) is 0 Å². The summed E-state index contributed by atoms with van der Waals surface area (Å²) < 4.78 is 12.9. The minimum absolute atomic E-state index is 0.577. The fourth-order valence-corrected chi connectivity index (χ4v) is 8.60. The molecule has 0 radical (unpaired) electrons. The zero-order valence-electron chi connectivity index (χ0n) is 31.1. The van der Waals surface area contributed by atoms with E-state index in [0.717, 1.165) is 88.0 Å². The summed E-state index contributed by atoms with van der Waals surface area (Å²) in [5.74, 6) is 1.76. The molecular weight excluding hydrogens is 711 g/mol. The van der Waals surface area contributed by atoms with Gasteiger partial charge >= 0.3 is 0 Å². The number of benzene rings is 9. The van der Waals surface area contributed by atoms with Crippen molar-refractivity contribution in [3.8, 4) is 56.4 Å². The maximum Gasteiger partial charge on any atom is 0.164 e. The zero-order valence-corrected chi connectivity index (χ0v) is 31.1. The van der Waals surface area contributed by atoms with E-state index in [0.29, 0.717) is 17.5 Å². The molecule has 0 aliphatic heterocycles. The fourth-order valence-electron chi connectivity index (χ4n) is 8.60. The van der Waals surface area contributed by atoms with E-state index >= 15 is 0 Å². The maximum absolute atomic E-state index is 6.64. The van der Waals surface area contributed by atoms with Gasteiger partial charge in [-0.3, -0.25) is 0 Å². The Labute approximate surface area is 332 Å². The van der Waals surface area contributed by atoms with Gasteiger partial charge in [0.2, 0.25) is 0 Å². The summed E-state index contributed by atoms with van der Waals surface area (Å²) in [7, 11) is 0. The van der Waals surface area contributed by atoms with Crippen LogP contribution in [0.2, 0.25) is 0 Å². The van der Waals surface area contributed by atoms with E-state index in [9.17, 15) is 0 Å². The highest BCUT2D eigenvalue weighted by atomic mass is 16.3. The molecule has 0 amide bonds. The molecule has 0 saturated carbocycles. The van der Waals surface area contributed by atoms with Crippen LogP contribution >= 0.6 is 0 Å². The van der Waals surface area contributed by atoms with Gasteiger partial charge in [-0.25, -0.2) is 15.0 Å². The number of fused-ring (bicyclic) bond motifs is 9. The average molecular weight is 742 g/mol. The summed E-state index contributed by atoms with van der Waals surface area (Å²) in [5.41, 5.74) is 10.5. The van der Waals surface area contributed by atoms with Crippen molar-refractivity contribution < 1.29 is 8.83 Å². The average Bonchev–Trinajstić information content (AvgIpc) is 3.88. The maximum atomic E-state index is 6.64. The van der Waals surface area contributed by atoms with Gasteiger partial charge in [-0.05, 0) is 62.5 Å². The van der Waals surface area contributed by atoms with E-state index in [1.165, 1.54) is 16.3 Å². The molecule has 0 unspecified atom stereocenters. The molecule has 3 aromatic heterocycles. The molecule has 0 fully saturated rings. The highest BCUT2D eigenvalue weighted by molar-refractivity contribution is 6.19. The fraction of sp³-hybridized carbons (Fsp3) is 0. The minimum atomic E-state index is 0.577. The first kappa shape index (κ1) is 32.4. The van der Waals surface area contributed by atoms with E-state index < -0.39 is 0 Å². The Morgan fingerprint density at radius 3 is 1.79 bits per heavy atom. The van der Waals surface area contributed by atoms with Crippen molar-refractivity contribution in [2.24, 2.45) is 0 Å². The lowest BCUT2D eigenvalue weighted by atomic mass is 9.97. The smallest absolute Gasteiger partial charge is 0.164 e. The summed E-state index contributed by atoms with van der Waals surface area (Å²) in [6.45, 7) is 0. The Morgan fingerprint density at radius 2 is 0.897 bits per heavy atom. The largest absolute Gasteiger partial charge is 0.456 e. The van der Waals surface area contributed by atoms with Crippen LogP contribution in [0.4, 0.5) is 0 Å². The quantitative estimate of drug-likeness (QED) is 0.176. The normalized spacial score (nSPS) is 11.8. The third-order valence-corrected chi connectivity index (χ3v) is 11.3. The Morgan fingerprint density at radius 1 is 0.293 bits per heavy atom. The molecule has 0 aliphatic carbocycles. The lowest BCUT2D eigenvalue weighted by Crippen LogP contribution is -2.00. The Hall–Kier alpha value is -7.89. The first-order chi connectivity index (χ1) is 28.7. The van der Waals surface area contributed by atoms with E-state index in [-0.39, 0.29) is 0 Å². The van der Waals surface area contributed by atoms with E-state index in [1.807, 2.05) is 30.3 Å². The summed E-state index contributed by atoms with van der Waals surface area (Å²) in [6.07, 6.45) is 0. The minimum Gasteiger partial charge on any atom is -0.456 e. The predicted octanol–water partition coefficient (Wildman–Crippen LogP) is 14.3. The number of furan rings is 2. The van der Waals surface area contributed by atoms with Crippen LogP contribution in [-0.2, 0) is 0 Å². The molecule has 0 aliphatic rings. The number of hydrogen-bond donors (Lipinski definition) is 0. The van der Waals surface area contributed by atoms with Crippen molar-refractivity contribution in [3.63, 3.8) is 0 Å². The summed E-state index contributed by atoms with van der Waals surface area (Å²) >= 11 is 0. The van der Waals surface area contributed by atoms with Crippen molar-refractivity contribution in [1.82, 2.24) is 15.0 Å². The molecule has 5 heteroatoms. The zero-order chi connectivity index (χ0) is 38.2. The Kier molecular flexibility index (Phi) is 7.16. The standard InChI is InChI=1S/C53H31N3O2/c1-2-11-33(12-3-1)41-18-9-19-43-49-44(20-10-22-46(49)58-50(41)43)53-55-51(35-25-23-34(24-26-35)39-17-8-14-32-13-4-5-15-38(32)39)54-52(56-53)37-27-29-40-36(31-37)28-30-47-48(40)42-16-6-7-21-45(42)57-47/h1-31H. The topological polar surface area (TPSA) is 65.0 Å². The van der Waals surface area contributed by atoms with E-state index in [2.05, 4.69) is 158 Å². The highest BCUT2D eigenvalue weighted by Gasteiger charge is 2.20. The van der Waals surface area contributed by atoms with Crippen LogP contribution < -0.4 is 0 Å². The Bertz CT molecular complexity index is 3560. The Balaban J connectivity index is 1.05. The second-order valence-electron chi connectivity index (χ2n) is 14.7. The SMILES string of the molecule is c1ccc(-c2cccc3c2oc2cccc(-c4nc(-c5ccc(-c6cccc7ccccc67)cc5)nc(-c5ccc6c(ccc7oc8ccccc8c76)c5)n4)c23)cc1. The van der Waals surface area contributed by atoms with Gasteiger partial charge in [0.1, 0.15) is 22.3 Å². The molecule has 0 N–H and O–H groups in total. The monoisotopic (exact) mass is 741 g/mol. The number of rotatable bonds is 5. The first-order valence-electron chi connectivity index (χ1n) is 19.4. The molecule has 270 valence electrons. The third kappa shape index (κ3) is 5.14. The van der Waals surface area contributed by atoms with Gasteiger partial charge in [-0.15, -0.1) is 0 Å². The van der Waals surface area contributed by atoms with E-state index in [4.69, 9.17) is 23.8 Å². The second kappa shape index (κ2) is 12.8. The van der Waals surface area contributed by atoms with Crippen molar-refractivity contribution in [2.45, 2.75) is 0 Å². The lowest BCUT2D eigenvalue weighted by Gasteiger charge is -2.11. The predicted molar refractivity (Wildman–Crippen MR) is 237 cm³/mol.